The van der Waals surface area contributed by atoms with Crippen molar-refractivity contribution in [2.24, 2.45) is 0 Å². The summed E-state index contributed by atoms with van der Waals surface area (Å²) < 4.78 is 5.78. The van der Waals surface area contributed by atoms with Gasteiger partial charge < -0.3 is 9.73 Å². The Morgan fingerprint density at radius 3 is 3.20 bits per heavy atom. The van der Waals surface area contributed by atoms with E-state index in [0.717, 1.165) is 36.5 Å². The summed E-state index contributed by atoms with van der Waals surface area (Å²) >= 11 is 0. The average molecular weight is 202 g/mol. The van der Waals surface area contributed by atoms with Gasteiger partial charge in [-0.1, -0.05) is 6.07 Å². The van der Waals surface area contributed by atoms with E-state index in [4.69, 9.17) is 4.42 Å². The molecule has 1 aromatic carbocycles. The molecule has 0 saturated carbocycles. The van der Waals surface area contributed by atoms with E-state index >= 15 is 0 Å². The number of hydrogen-bond acceptors (Lipinski definition) is 3. The maximum atomic E-state index is 5.78. The van der Waals surface area contributed by atoms with Crippen LogP contribution in [-0.2, 0) is 0 Å². The summed E-state index contributed by atoms with van der Waals surface area (Å²) in [6, 6.07) is 6.15. The Hall–Kier alpha value is -1.35. The summed E-state index contributed by atoms with van der Waals surface area (Å²) in [5.74, 6) is 1.35. The minimum Gasteiger partial charge on any atom is -0.440 e. The molecule has 3 nitrogen and oxygen atoms in total. The molecule has 15 heavy (non-hydrogen) atoms. The molecule has 3 heteroatoms. The highest BCUT2D eigenvalue weighted by Crippen LogP contribution is 2.25. The van der Waals surface area contributed by atoms with Gasteiger partial charge in [0.25, 0.3) is 0 Å². The highest BCUT2D eigenvalue weighted by atomic mass is 16.3. The molecule has 1 N–H and O–H groups in total. The first-order chi connectivity index (χ1) is 7.33. The number of aromatic nitrogens is 1. The van der Waals surface area contributed by atoms with Crippen molar-refractivity contribution in [2.75, 3.05) is 13.1 Å². The SMILES string of the molecule is Cc1ccc2nc(C3CCNC3)oc2c1. The normalized spacial score (nSPS) is 21.3. The first-order valence-electron chi connectivity index (χ1n) is 5.41. The Kier molecular flexibility index (Phi) is 1.99. The van der Waals surface area contributed by atoms with Crippen LogP contribution in [0.15, 0.2) is 22.6 Å². The van der Waals surface area contributed by atoms with Crippen molar-refractivity contribution in [2.45, 2.75) is 19.3 Å². The highest BCUT2D eigenvalue weighted by Gasteiger charge is 2.21. The number of benzene rings is 1. The smallest absolute Gasteiger partial charge is 0.199 e. The van der Waals surface area contributed by atoms with Crippen LogP contribution in [0.1, 0.15) is 23.8 Å². The minimum atomic E-state index is 0.456. The Labute approximate surface area is 88.5 Å². The van der Waals surface area contributed by atoms with Gasteiger partial charge in [-0.05, 0) is 37.6 Å². The summed E-state index contributed by atoms with van der Waals surface area (Å²) in [6.45, 7) is 4.13. The molecule has 2 heterocycles. The number of oxazole rings is 1. The van der Waals surface area contributed by atoms with Gasteiger partial charge in [-0.15, -0.1) is 0 Å². The second-order valence-corrected chi connectivity index (χ2v) is 4.21. The summed E-state index contributed by atoms with van der Waals surface area (Å²) in [5, 5.41) is 3.33. The van der Waals surface area contributed by atoms with Crippen molar-refractivity contribution in [3.63, 3.8) is 0 Å². The van der Waals surface area contributed by atoms with Crippen molar-refractivity contribution >= 4 is 11.1 Å². The number of rotatable bonds is 1. The second-order valence-electron chi connectivity index (χ2n) is 4.21. The van der Waals surface area contributed by atoms with E-state index in [1.54, 1.807) is 0 Å². The quantitative estimate of drug-likeness (QED) is 0.770. The van der Waals surface area contributed by atoms with Gasteiger partial charge >= 0.3 is 0 Å². The number of nitrogens with zero attached hydrogens (tertiary/aromatic N) is 1. The maximum absolute atomic E-state index is 5.78. The van der Waals surface area contributed by atoms with Crippen LogP contribution in [0.4, 0.5) is 0 Å². The first-order valence-corrected chi connectivity index (χ1v) is 5.41. The van der Waals surface area contributed by atoms with Gasteiger partial charge in [0, 0.05) is 12.5 Å². The number of hydrogen-bond donors (Lipinski definition) is 1. The molecule has 78 valence electrons. The molecule has 0 radical (unpaired) electrons. The molecular weight excluding hydrogens is 188 g/mol. The Morgan fingerprint density at radius 2 is 2.40 bits per heavy atom. The molecule has 2 aromatic rings. The largest absolute Gasteiger partial charge is 0.440 e. The molecule has 1 aromatic heterocycles. The van der Waals surface area contributed by atoms with Crippen LogP contribution < -0.4 is 5.32 Å². The number of nitrogens with one attached hydrogen (secondary N) is 1. The van der Waals surface area contributed by atoms with Gasteiger partial charge in [-0.3, -0.25) is 0 Å². The standard InChI is InChI=1S/C12H14N2O/c1-8-2-3-10-11(6-8)15-12(14-10)9-4-5-13-7-9/h2-3,6,9,13H,4-5,7H2,1H3. The van der Waals surface area contributed by atoms with Gasteiger partial charge in [0.2, 0.25) is 0 Å². The average Bonchev–Trinajstić information content (AvgIpc) is 2.84. The lowest BCUT2D eigenvalue weighted by Gasteiger charge is -1.99. The molecule has 1 saturated heterocycles. The molecule has 1 fully saturated rings. The van der Waals surface area contributed by atoms with Gasteiger partial charge in [-0.25, -0.2) is 4.98 Å². The molecular formula is C12H14N2O. The Balaban J connectivity index is 2.05. The van der Waals surface area contributed by atoms with Crippen molar-refractivity contribution in [1.29, 1.82) is 0 Å². The summed E-state index contributed by atoms with van der Waals surface area (Å²) in [6.07, 6.45) is 1.13. The lowest BCUT2D eigenvalue weighted by atomic mass is 10.1. The summed E-state index contributed by atoms with van der Waals surface area (Å²) in [4.78, 5) is 4.53. The molecule has 3 rings (SSSR count). The number of aryl methyl sites for hydroxylation is 1. The van der Waals surface area contributed by atoms with E-state index < -0.39 is 0 Å². The van der Waals surface area contributed by atoms with Gasteiger partial charge in [-0.2, -0.15) is 0 Å². The molecule has 1 aliphatic rings. The molecule has 0 bridgehead atoms. The lowest BCUT2D eigenvalue weighted by Crippen LogP contribution is -2.07. The van der Waals surface area contributed by atoms with E-state index in [9.17, 15) is 0 Å². The second kappa shape index (κ2) is 3.35. The zero-order valence-corrected chi connectivity index (χ0v) is 8.79. The Morgan fingerprint density at radius 1 is 1.47 bits per heavy atom. The first kappa shape index (κ1) is 8.92. The zero-order valence-electron chi connectivity index (χ0n) is 8.79. The summed E-state index contributed by atoms with van der Waals surface area (Å²) in [7, 11) is 0. The van der Waals surface area contributed by atoms with E-state index in [1.165, 1.54) is 5.56 Å². The third-order valence-electron chi connectivity index (χ3n) is 2.97. The van der Waals surface area contributed by atoms with Crippen LogP contribution >= 0.6 is 0 Å². The third-order valence-corrected chi connectivity index (χ3v) is 2.97. The summed E-state index contributed by atoms with van der Waals surface area (Å²) in [5.41, 5.74) is 3.11. The van der Waals surface area contributed by atoms with E-state index in [0.29, 0.717) is 5.92 Å². The maximum Gasteiger partial charge on any atom is 0.199 e. The predicted molar refractivity (Wildman–Crippen MR) is 59.0 cm³/mol. The van der Waals surface area contributed by atoms with Crippen LogP contribution in [-0.4, -0.2) is 18.1 Å². The van der Waals surface area contributed by atoms with Crippen molar-refractivity contribution in [3.8, 4) is 0 Å². The van der Waals surface area contributed by atoms with Crippen molar-refractivity contribution in [3.05, 3.63) is 29.7 Å². The van der Waals surface area contributed by atoms with Crippen LogP contribution in [0, 0.1) is 6.92 Å². The zero-order chi connectivity index (χ0) is 10.3. The van der Waals surface area contributed by atoms with E-state index in [1.807, 2.05) is 12.1 Å². The highest BCUT2D eigenvalue weighted by molar-refractivity contribution is 5.73. The van der Waals surface area contributed by atoms with E-state index in [-0.39, 0.29) is 0 Å². The minimum absolute atomic E-state index is 0.456. The van der Waals surface area contributed by atoms with Crippen LogP contribution in [0.5, 0.6) is 0 Å². The molecule has 1 unspecified atom stereocenters. The lowest BCUT2D eigenvalue weighted by molar-refractivity contribution is 0.485. The van der Waals surface area contributed by atoms with Crippen LogP contribution in [0.2, 0.25) is 0 Å². The topological polar surface area (TPSA) is 38.1 Å². The van der Waals surface area contributed by atoms with Crippen molar-refractivity contribution in [1.82, 2.24) is 10.3 Å². The van der Waals surface area contributed by atoms with Crippen LogP contribution in [0.3, 0.4) is 0 Å². The number of fused-ring (bicyclic) bond motifs is 1. The predicted octanol–water partition coefficient (Wildman–Crippen LogP) is 2.21. The molecule has 0 spiro atoms. The van der Waals surface area contributed by atoms with Crippen LogP contribution in [0.25, 0.3) is 11.1 Å². The fourth-order valence-electron chi connectivity index (χ4n) is 2.09. The van der Waals surface area contributed by atoms with Crippen molar-refractivity contribution < 1.29 is 4.42 Å². The van der Waals surface area contributed by atoms with Gasteiger partial charge in [0.15, 0.2) is 11.5 Å². The fraction of sp³-hybridized carbons (Fsp3) is 0.417. The van der Waals surface area contributed by atoms with E-state index in [2.05, 4.69) is 23.3 Å². The molecule has 1 aliphatic heterocycles. The molecule has 0 aliphatic carbocycles. The Bertz CT molecular complexity index is 483. The third kappa shape index (κ3) is 1.53. The van der Waals surface area contributed by atoms with Gasteiger partial charge in [0.05, 0.1) is 0 Å². The molecule has 1 atom stereocenters. The molecule has 0 amide bonds. The van der Waals surface area contributed by atoms with Gasteiger partial charge in [0.1, 0.15) is 5.52 Å². The fourth-order valence-corrected chi connectivity index (χ4v) is 2.09. The monoisotopic (exact) mass is 202 g/mol.